The lowest BCUT2D eigenvalue weighted by Gasteiger charge is -2.20. The topological polar surface area (TPSA) is 0 Å². The molecule has 2 rings (SSSR count). The predicted octanol–water partition coefficient (Wildman–Crippen LogP) is 4.47. The first-order chi connectivity index (χ1) is 6.95. The Kier molecular flexibility index (Phi) is 4.01. The average Bonchev–Trinajstić information content (AvgIpc) is 2.29. The van der Waals surface area contributed by atoms with E-state index in [0.717, 1.165) is 5.66 Å². The van der Waals surface area contributed by atoms with E-state index in [9.17, 15) is 0 Å². The van der Waals surface area contributed by atoms with E-state index in [4.69, 9.17) is 0 Å². The van der Waals surface area contributed by atoms with Gasteiger partial charge in [0.25, 0.3) is 0 Å². The Hall–Kier alpha value is -0.350. The van der Waals surface area contributed by atoms with Gasteiger partial charge >= 0.3 is 0 Å². The molecule has 0 aliphatic heterocycles. The van der Waals surface area contributed by atoms with Crippen LogP contribution in [0.1, 0.15) is 37.7 Å². The molecule has 75 valence electrons. The summed E-state index contributed by atoms with van der Waals surface area (Å²) < 4.78 is 0. The smallest absolute Gasteiger partial charge is 0.00316 e. The molecule has 0 N–H and O–H groups in total. The molecule has 0 unspecified atom stereocenters. The lowest BCUT2D eigenvalue weighted by molar-refractivity contribution is 0.513. The summed E-state index contributed by atoms with van der Waals surface area (Å²) >= 11 is 0. The highest BCUT2D eigenvalue weighted by Gasteiger charge is 2.13. The Labute approximate surface area is 88.9 Å². The molecule has 0 bridgehead atoms. The molecule has 0 amide bonds. The second kappa shape index (κ2) is 5.51. The van der Waals surface area contributed by atoms with Gasteiger partial charge in [0.1, 0.15) is 0 Å². The standard InChI is InChI=1S/C13H18P/c1-3-7-12(8-4-1)11-14-13-9-5-2-6-10-13/h1,3-4,7-8,13H,2,5-6,9-11H2. The summed E-state index contributed by atoms with van der Waals surface area (Å²) in [6.45, 7) is 0. The van der Waals surface area contributed by atoms with Crippen molar-refractivity contribution in [3.05, 3.63) is 35.9 Å². The van der Waals surface area contributed by atoms with Crippen LogP contribution in [0.4, 0.5) is 0 Å². The summed E-state index contributed by atoms with van der Waals surface area (Å²) in [5.41, 5.74) is 2.49. The normalized spacial score (nSPS) is 19.1. The quantitative estimate of drug-likeness (QED) is 0.639. The Morgan fingerprint density at radius 3 is 2.43 bits per heavy atom. The van der Waals surface area contributed by atoms with E-state index in [1.54, 1.807) is 8.58 Å². The lowest BCUT2D eigenvalue weighted by atomic mass is 10.0. The van der Waals surface area contributed by atoms with Gasteiger partial charge < -0.3 is 0 Å². The maximum Gasteiger partial charge on any atom is -0.00316 e. The largest absolute Gasteiger partial charge is 0.0727 e. The van der Waals surface area contributed by atoms with E-state index in [1.807, 2.05) is 0 Å². The van der Waals surface area contributed by atoms with Gasteiger partial charge in [-0.15, -0.1) is 0 Å². The van der Waals surface area contributed by atoms with Gasteiger partial charge in [-0.3, -0.25) is 0 Å². The molecule has 1 aliphatic carbocycles. The zero-order valence-electron chi connectivity index (χ0n) is 8.65. The van der Waals surface area contributed by atoms with E-state index in [2.05, 4.69) is 30.3 Å². The van der Waals surface area contributed by atoms with E-state index >= 15 is 0 Å². The van der Waals surface area contributed by atoms with Gasteiger partial charge in [0.2, 0.25) is 0 Å². The van der Waals surface area contributed by atoms with Gasteiger partial charge in [-0.25, -0.2) is 0 Å². The van der Waals surface area contributed by atoms with Crippen LogP contribution in [0.3, 0.4) is 0 Å². The fourth-order valence-corrected chi connectivity index (χ4v) is 3.49. The molecule has 1 aromatic carbocycles. The first-order valence-corrected chi connectivity index (χ1v) is 6.80. The third-order valence-electron chi connectivity index (χ3n) is 2.95. The SMILES string of the molecule is c1ccc(C[P]C2CCCCC2)cc1. The monoisotopic (exact) mass is 205 g/mol. The van der Waals surface area contributed by atoms with Crippen molar-refractivity contribution in [3.8, 4) is 0 Å². The molecule has 1 saturated carbocycles. The predicted molar refractivity (Wildman–Crippen MR) is 63.9 cm³/mol. The summed E-state index contributed by atoms with van der Waals surface area (Å²) in [7, 11) is 1.65. The van der Waals surface area contributed by atoms with Crippen LogP contribution in [0.25, 0.3) is 0 Å². The third kappa shape index (κ3) is 3.10. The molecule has 1 heteroatoms. The van der Waals surface area contributed by atoms with Gasteiger partial charge in [0.05, 0.1) is 0 Å². The first-order valence-electron chi connectivity index (χ1n) is 5.66. The Morgan fingerprint density at radius 2 is 1.71 bits per heavy atom. The molecule has 14 heavy (non-hydrogen) atoms. The van der Waals surface area contributed by atoms with Crippen molar-refractivity contribution in [3.63, 3.8) is 0 Å². The fourth-order valence-electron chi connectivity index (χ4n) is 2.08. The molecule has 0 nitrogen and oxygen atoms in total. The highest BCUT2D eigenvalue weighted by molar-refractivity contribution is 7.38. The van der Waals surface area contributed by atoms with E-state index in [-0.39, 0.29) is 0 Å². The summed E-state index contributed by atoms with van der Waals surface area (Å²) in [6, 6.07) is 10.9. The second-order valence-electron chi connectivity index (χ2n) is 4.12. The van der Waals surface area contributed by atoms with Crippen molar-refractivity contribution in [2.75, 3.05) is 0 Å². The molecular weight excluding hydrogens is 187 g/mol. The number of benzene rings is 1. The minimum Gasteiger partial charge on any atom is -0.0727 e. The Bertz CT molecular complexity index is 249. The average molecular weight is 205 g/mol. The maximum absolute atomic E-state index is 2.25. The van der Waals surface area contributed by atoms with Gasteiger partial charge in [0, 0.05) is 0 Å². The third-order valence-corrected chi connectivity index (χ3v) is 4.53. The molecule has 0 saturated heterocycles. The van der Waals surface area contributed by atoms with Crippen molar-refractivity contribution in [2.24, 2.45) is 0 Å². The zero-order valence-corrected chi connectivity index (χ0v) is 9.55. The molecule has 1 aromatic rings. The van der Waals surface area contributed by atoms with Crippen LogP contribution in [-0.4, -0.2) is 5.66 Å². The van der Waals surface area contributed by atoms with E-state index in [1.165, 1.54) is 43.8 Å². The van der Waals surface area contributed by atoms with Crippen LogP contribution in [0.15, 0.2) is 30.3 Å². The summed E-state index contributed by atoms with van der Waals surface area (Å²) in [5.74, 6) is 0. The highest BCUT2D eigenvalue weighted by Crippen LogP contribution is 2.34. The van der Waals surface area contributed by atoms with Crippen LogP contribution >= 0.6 is 8.58 Å². The Balaban J connectivity index is 1.76. The van der Waals surface area contributed by atoms with Gasteiger partial charge in [-0.2, -0.15) is 0 Å². The number of hydrogen-bond acceptors (Lipinski definition) is 0. The summed E-state index contributed by atoms with van der Waals surface area (Å²) in [5, 5.41) is 0. The molecule has 0 aromatic heterocycles. The Morgan fingerprint density at radius 1 is 1.00 bits per heavy atom. The molecule has 0 spiro atoms. The van der Waals surface area contributed by atoms with Crippen LogP contribution in [0, 0.1) is 0 Å². The highest BCUT2D eigenvalue weighted by atomic mass is 31.1. The molecule has 1 aliphatic rings. The van der Waals surface area contributed by atoms with E-state index < -0.39 is 0 Å². The van der Waals surface area contributed by atoms with Crippen molar-refractivity contribution in [1.29, 1.82) is 0 Å². The molecular formula is C13H18P. The number of hydrogen-bond donors (Lipinski definition) is 0. The lowest BCUT2D eigenvalue weighted by Crippen LogP contribution is -2.06. The van der Waals surface area contributed by atoms with Crippen molar-refractivity contribution >= 4 is 8.58 Å². The van der Waals surface area contributed by atoms with Crippen LogP contribution in [0.2, 0.25) is 0 Å². The first kappa shape index (κ1) is 10.2. The van der Waals surface area contributed by atoms with Crippen LogP contribution in [-0.2, 0) is 6.16 Å². The van der Waals surface area contributed by atoms with Crippen molar-refractivity contribution < 1.29 is 0 Å². The van der Waals surface area contributed by atoms with Gasteiger partial charge in [0.15, 0.2) is 0 Å². The van der Waals surface area contributed by atoms with Crippen molar-refractivity contribution in [1.82, 2.24) is 0 Å². The van der Waals surface area contributed by atoms with E-state index in [0.29, 0.717) is 0 Å². The fraction of sp³-hybridized carbons (Fsp3) is 0.538. The summed E-state index contributed by atoms with van der Waals surface area (Å²) in [4.78, 5) is 0. The van der Waals surface area contributed by atoms with Gasteiger partial charge in [-0.1, -0.05) is 58.2 Å². The number of rotatable bonds is 3. The molecule has 0 heterocycles. The summed E-state index contributed by atoms with van der Waals surface area (Å²) in [6.07, 6.45) is 8.59. The van der Waals surface area contributed by atoms with Gasteiger partial charge in [-0.05, 0) is 30.2 Å². The second-order valence-corrected chi connectivity index (χ2v) is 5.53. The molecule has 1 fully saturated rings. The maximum atomic E-state index is 2.25. The van der Waals surface area contributed by atoms with Crippen LogP contribution < -0.4 is 0 Å². The zero-order chi connectivity index (χ0) is 9.64. The molecule has 1 radical (unpaired) electrons. The van der Waals surface area contributed by atoms with Crippen molar-refractivity contribution in [2.45, 2.75) is 43.9 Å². The van der Waals surface area contributed by atoms with Crippen LogP contribution in [0.5, 0.6) is 0 Å². The minimum absolute atomic E-state index is 0.990. The molecule has 0 atom stereocenters. The minimum atomic E-state index is 0.990.